The molecule has 0 aliphatic rings. The van der Waals surface area contributed by atoms with Gasteiger partial charge in [-0.05, 0) is 38.0 Å². The SMILES string of the molecule is CC(C)S(=O)(=O)c1ccc(-c2cnc3[nH]cc(C(=O)CCc4ccccc4)c3n2)cc1. The minimum absolute atomic E-state index is 0.0000669. The molecule has 2 aromatic heterocycles. The van der Waals surface area contributed by atoms with Crippen LogP contribution in [-0.2, 0) is 16.3 Å². The first-order chi connectivity index (χ1) is 14.9. The number of carbonyl (C=O) groups is 1. The van der Waals surface area contributed by atoms with Gasteiger partial charge in [-0.25, -0.2) is 18.4 Å². The van der Waals surface area contributed by atoms with Crippen molar-refractivity contribution in [3.8, 4) is 11.3 Å². The molecule has 0 aliphatic heterocycles. The quantitative estimate of drug-likeness (QED) is 0.429. The van der Waals surface area contributed by atoms with E-state index in [0.717, 1.165) is 11.1 Å². The van der Waals surface area contributed by atoms with Gasteiger partial charge in [-0.2, -0.15) is 0 Å². The van der Waals surface area contributed by atoms with E-state index in [1.165, 1.54) is 0 Å². The zero-order chi connectivity index (χ0) is 22.0. The second-order valence-corrected chi connectivity index (χ2v) is 10.2. The van der Waals surface area contributed by atoms with Gasteiger partial charge < -0.3 is 4.98 Å². The maximum Gasteiger partial charge on any atom is 0.180 e. The van der Waals surface area contributed by atoms with E-state index in [0.29, 0.717) is 35.3 Å². The summed E-state index contributed by atoms with van der Waals surface area (Å²) < 4.78 is 24.7. The number of hydrogen-bond donors (Lipinski definition) is 1. The summed E-state index contributed by atoms with van der Waals surface area (Å²) in [4.78, 5) is 25.1. The summed E-state index contributed by atoms with van der Waals surface area (Å²) >= 11 is 0. The molecule has 4 aromatic rings. The topological polar surface area (TPSA) is 92.8 Å². The fourth-order valence-corrected chi connectivity index (χ4v) is 4.43. The van der Waals surface area contributed by atoms with Gasteiger partial charge in [0, 0.05) is 18.2 Å². The molecule has 0 saturated carbocycles. The Morgan fingerprint density at radius 1 is 1.03 bits per heavy atom. The predicted octanol–water partition coefficient (Wildman–Crippen LogP) is 4.62. The molecule has 0 atom stereocenters. The number of aromatic nitrogens is 3. The van der Waals surface area contributed by atoms with Crippen molar-refractivity contribution < 1.29 is 13.2 Å². The van der Waals surface area contributed by atoms with Crippen LogP contribution in [0.15, 0.2) is 71.9 Å². The Hall–Kier alpha value is -3.32. The zero-order valence-electron chi connectivity index (χ0n) is 17.4. The van der Waals surface area contributed by atoms with Gasteiger partial charge in [-0.1, -0.05) is 42.5 Å². The van der Waals surface area contributed by atoms with E-state index < -0.39 is 15.1 Å². The Morgan fingerprint density at radius 2 is 1.74 bits per heavy atom. The van der Waals surface area contributed by atoms with Crippen molar-refractivity contribution in [3.05, 3.63) is 78.1 Å². The largest absolute Gasteiger partial charge is 0.344 e. The van der Waals surface area contributed by atoms with Crippen molar-refractivity contribution in [2.75, 3.05) is 0 Å². The van der Waals surface area contributed by atoms with Gasteiger partial charge in [0.25, 0.3) is 0 Å². The Bertz CT molecular complexity index is 1330. The highest BCUT2D eigenvalue weighted by molar-refractivity contribution is 7.92. The van der Waals surface area contributed by atoms with Crippen molar-refractivity contribution in [3.63, 3.8) is 0 Å². The van der Waals surface area contributed by atoms with E-state index in [1.54, 1.807) is 50.5 Å². The number of aromatic amines is 1. The Morgan fingerprint density at radius 3 is 2.42 bits per heavy atom. The van der Waals surface area contributed by atoms with Gasteiger partial charge in [-0.15, -0.1) is 0 Å². The Labute approximate surface area is 181 Å². The van der Waals surface area contributed by atoms with E-state index in [4.69, 9.17) is 0 Å². The van der Waals surface area contributed by atoms with Crippen LogP contribution in [0.2, 0.25) is 0 Å². The number of sulfone groups is 1. The summed E-state index contributed by atoms with van der Waals surface area (Å²) in [6.07, 6.45) is 4.30. The van der Waals surface area contributed by atoms with Crippen LogP contribution in [0.1, 0.15) is 36.2 Å². The van der Waals surface area contributed by atoms with Crippen molar-refractivity contribution in [1.29, 1.82) is 0 Å². The smallest absolute Gasteiger partial charge is 0.180 e. The second-order valence-electron chi connectivity index (χ2n) is 7.68. The van der Waals surface area contributed by atoms with Crippen molar-refractivity contribution in [1.82, 2.24) is 15.0 Å². The molecular formula is C24H23N3O3S. The van der Waals surface area contributed by atoms with Crippen LogP contribution < -0.4 is 0 Å². The fraction of sp³-hybridized carbons (Fsp3) is 0.208. The molecule has 7 heteroatoms. The number of hydrogen-bond acceptors (Lipinski definition) is 5. The molecule has 1 N–H and O–H groups in total. The van der Waals surface area contributed by atoms with Gasteiger partial charge >= 0.3 is 0 Å². The minimum atomic E-state index is -3.33. The molecule has 0 bridgehead atoms. The van der Waals surface area contributed by atoms with Crippen LogP contribution in [0, 0.1) is 0 Å². The molecule has 4 rings (SSSR count). The molecule has 2 heterocycles. The van der Waals surface area contributed by atoms with Crippen molar-refractivity contribution in [2.45, 2.75) is 36.8 Å². The van der Waals surface area contributed by atoms with Crippen molar-refractivity contribution in [2.24, 2.45) is 0 Å². The molecule has 0 radical (unpaired) electrons. The zero-order valence-corrected chi connectivity index (χ0v) is 18.2. The highest BCUT2D eigenvalue weighted by Crippen LogP contribution is 2.24. The van der Waals surface area contributed by atoms with Gasteiger partial charge in [0.15, 0.2) is 21.3 Å². The lowest BCUT2D eigenvalue weighted by Crippen LogP contribution is -2.13. The number of ketones is 1. The minimum Gasteiger partial charge on any atom is -0.344 e. The first-order valence-electron chi connectivity index (χ1n) is 10.1. The van der Waals surface area contributed by atoms with Crippen LogP contribution in [0.5, 0.6) is 0 Å². The van der Waals surface area contributed by atoms with Crippen LogP contribution in [0.25, 0.3) is 22.4 Å². The maximum atomic E-state index is 12.8. The van der Waals surface area contributed by atoms with Crippen LogP contribution in [-0.4, -0.2) is 34.4 Å². The molecule has 0 saturated heterocycles. The molecule has 0 amide bonds. The lowest BCUT2D eigenvalue weighted by Gasteiger charge is -2.08. The number of benzene rings is 2. The van der Waals surface area contributed by atoms with E-state index in [2.05, 4.69) is 15.0 Å². The number of nitrogens with one attached hydrogen (secondary N) is 1. The van der Waals surface area contributed by atoms with Crippen LogP contribution in [0.3, 0.4) is 0 Å². The maximum absolute atomic E-state index is 12.8. The van der Waals surface area contributed by atoms with E-state index in [-0.39, 0.29) is 10.7 Å². The number of fused-ring (bicyclic) bond motifs is 1. The molecule has 6 nitrogen and oxygen atoms in total. The molecular weight excluding hydrogens is 410 g/mol. The molecule has 158 valence electrons. The van der Waals surface area contributed by atoms with Crippen molar-refractivity contribution >= 4 is 26.8 Å². The number of nitrogens with zero attached hydrogens (tertiary/aromatic N) is 2. The fourth-order valence-electron chi connectivity index (χ4n) is 3.37. The average molecular weight is 434 g/mol. The Balaban J connectivity index is 1.60. The monoisotopic (exact) mass is 433 g/mol. The Kier molecular flexibility index (Phi) is 5.69. The summed E-state index contributed by atoms with van der Waals surface area (Å²) in [5.41, 5.74) is 4.01. The molecule has 31 heavy (non-hydrogen) atoms. The number of Topliss-reactive ketones (excluding diaryl/α,β-unsaturated/α-hetero) is 1. The summed E-state index contributed by atoms with van der Waals surface area (Å²) in [5.74, 6) is -0.0000669. The number of aryl methyl sites for hydroxylation is 1. The summed E-state index contributed by atoms with van der Waals surface area (Å²) in [5, 5.41) is -0.487. The summed E-state index contributed by atoms with van der Waals surface area (Å²) in [6.45, 7) is 3.32. The lowest BCUT2D eigenvalue weighted by molar-refractivity contribution is 0.0984. The highest BCUT2D eigenvalue weighted by atomic mass is 32.2. The second kappa shape index (κ2) is 8.43. The third-order valence-electron chi connectivity index (χ3n) is 5.26. The van der Waals surface area contributed by atoms with E-state index in [9.17, 15) is 13.2 Å². The van der Waals surface area contributed by atoms with Gasteiger partial charge in [0.05, 0.1) is 27.6 Å². The third-order valence-corrected chi connectivity index (χ3v) is 7.43. The first-order valence-corrected chi connectivity index (χ1v) is 11.7. The van der Waals surface area contributed by atoms with Gasteiger partial charge in [-0.3, -0.25) is 4.79 Å². The standard InChI is InChI=1S/C24H23N3O3S/c1-16(2)31(29,30)19-11-9-18(10-12-19)21-15-26-24-23(27-21)20(14-25-24)22(28)13-8-17-6-4-3-5-7-17/h3-7,9-12,14-16H,8,13H2,1-2H3,(H,25,26). The number of rotatable bonds is 7. The molecule has 2 aromatic carbocycles. The summed E-state index contributed by atoms with van der Waals surface area (Å²) in [7, 11) is -3.33. The van der Waals surface area contributed by atoms with Crippen LogP contribution >= 0.6 is 0 Å². The molecule has 0 aliphatic carbocycles. The molecule has 0 fully saturated rings. The number of carbonyl (C=O) groups excluding carboxylic acids is 1. The van der Waals surface area contributed by atoms with E-state index in [1.807, 2.05) is 30.3 Å². The summed E-state index contributed by atoms with van der Waals surface area (Å²) in [6, 6.07) is 16.5. The highest BCUT2D eigenvalue weighted by Gasteiger charge is 2.19. The molecule has 0 unspecified atom stereocenters. The van der Waals surface area contributed by atoms with E-state index >= 15 is 0 Å². The van der Waals surface area contributed by atoms with Gasteiger partial charge in [0.2, 0.25) is 0 Å². The van der Waals surface area contributed by atoms with Gasteiger partial charge in [0.1, 0.15) is 5.52 Å². The normalized spacial score (nSPS) is 11.8. The average Bonchev–Trinajstić information content (AvgIpc) is 3.21. The number of H-pyrrole nitrogens is 1. The lowest BCUT2D eigenvalue weighted by atomic mass is 10.0. The van der Waals surface area contributed by atoms with Crippen LogP contribution in [0.4, 0.5) is 0 Å². The molecule has 0 spiro atoms. The first kappa shape index (κ1) is 20.9. The third kappa shape index (κ3) is 4.27. The predicted molar refractivity (Wildman–Crippen MR) is 121 cm³/mol.